The molecule has 30 heavy (non-hydrogen) atoms. The zero-order chi connectivity index (χ0) is 21.9. The number of carbonyl (C=O) groups is 1. The second-order valence-corrected chi connectivity index (χ2v) is 8.23. The van der Waals surface area contributed by atoms with Crippen molar-refractivity contribution in [3.8, 4) is 5.75 Å². The van der Waals surface area contributed by atoms with Crippen molar-refractivity contribution in [2.75, 3.05) is 6.61 Å². The lowest BCUT2D eigenvalue weighted by atomic mass is 10.1. The molecule has 0 saturated carbocycles. The summed E-state index contributed by atoms with van der Waals surface area (Å²) in [5, 5.41) is 21.7. The molecular weight excluding hydrogens is 374 g/mol. The maximum absolute atomic E-state index is 12.1. The molecule has 4 heteroatoms. The van der Waals surface area contributed by atoms with E-state index in [-0.39, 0.29) is 18.3 Å². The van der Waals surface area contributed by atoms with Crippen LogP contribution in [0, 0.1) is 0 Å². The summed E-state index contributed by atoms with van der Waals surface area (Å²) < 4.78 is 0. The van der Waals surface area contributed by atoms with Crippen LogP contribution in [-0.4, -0.2) is 22.7 Å². The fraction of sp³-hybridized carbons (Fsp3) is 0.654. The Labute approximate surface area is 183 Å². The number of hydrogen-bond donors (Lipinski definition) is 3. The van der Waals surface area contributed by atoms with Crippen molar-refractivity contribution in [1.29, 1.82) is 0 Å². The monoisotopic (exact) mass is 417 g/mol. The van der Waals surface area contributed by atoms with Gasteiger partial charge in [-0.2, -0.15) is 0 Å². The Morgan fingerprint density at radius 3 is 1.97 bits per heavy atom. The van der Waals surface area contributed by atoms with E-state index in [9.17, 15) is 15.0 Å². The number of allylic oxidation sites excluding steroid dienone is 2. The summed E-state index contributed by atoms with van der Waals surface area (Å²) in [6, 6.07) is 6.15. The predicted molar refractivity (Wildman–Crippen MR) is 126 cm³/mol. The number of hydrogen-bond acceptors (Lipinski definition) is 3. The van der Waals surface area contributed by atoms with Gasteiger partial charge in [0.05, 0.1) is 12.6 Å². The van der Waals surface area contributed by atoms with Crippen molar-refractivity contribution in [3.05, 3.63) is 42.0 Å². The zero-order valence-corrected chi connectivity index (χ0v) is 19.0. The zero-order valence-electron chi connectivity index (χ0n) is 19.0. The summed E-state index contributed by atoms with van der Waals surface area (Å²) in [7, 11) is 0. The number of phenolic OH excluding ortho intramolecular Hbond substituents is 1. The maximum atomic E-state index is 12.1. The van der Waals surface area contributed by atoms with E-state index in [4.69, 9.17) is 0 Å². The van der Waals surface area contributed by atoms with Gasteiger partial charge in [0.25, 0.3) is 0 Å². The minimum atomic E-state index is -0.416. The fourth-order valence-corrected chi connectivity index (χ4v) is 3.56. The first kappa shape index (κ1) is 26.2. The lowest BCUT2D eigenvalue weighted by molar-refractivity contribution is -0.122. The molecule has 0 aliphatic rings. The molecular formula is C26H43NO3. The van der Waals surface area contributed by atoms with Crippen molar-refractivity contribution in [3.63, 3.8) is 0 Å². The molecule has 0 bridgehead atoms. The first-order chi connectivity index (χ1) is 14.7. The highest BCUT2D eigenvalue weighted by Gasteiger charge is 2.13. The second-order valence-electron chi connectivity index (χ2n) is 8.23. The van der Waals surface area contributed by atoms with Crippen molar-refractivity contribution in [1.82, 2.24) is 5.32 Å². The summed E-state index contributed by atoms with van der Waals surface area (Å²) >= 11 is 0. The molecule has 1 rings (SSSR count). The third-order valence-corrected chi connectivity index (χ3v) is 5.48. The maximum Gasteiger partial charge on any atom is 0.220 e. The highest BCUT2D eigenvalue weighted by Crippen LogP contribution is 2.17. The summed E-state index contributed by atoms with van der Waals surface area (Å²) in [4.78, 5) is 12.1. The molecule has 0 aliphatic heterocycles. The molecule has 1 aromatic rings. The van der Waals surface area contributed by atoms with Gasteiger partial charge in [0, 0.05) is 6.42 Å². The normalized spacial score (nSPS) is 12.3. The summed E-state index contributed by atoms with van der Waals surface area (Å²) in [5.41, 5.74) is 0.799. The van der Waals surface area contributed by atoms with Gasteiger partial charge in [-0.05, 0) is 49.8 Å². The quantitative estimate of drug-likeness (QED) is 0.187. The average Bonchev–Trinajstić information content (AvgIpc) is 2.75. The van der Waals surface area contributed by atoms with E-state index in [2.05, 4.69) is 24.4 Å². The van der Waals surface area contributed by atoms with Crippen LogP contribution in [0.4, 0.5) is 0 Å². The van der Waals surface area contributed by atoms with E-state index < -0.39 is 6.04 Å². The molecule has 0 saturated heterocycles. The molecule has 0 heterocycles. The highest BCUT2D eigenvalue weighted by atomic mass is 16.3. The van der Waals surface area contributed by atoms with Gasteiger partial charge in [-0.1, -0.05) is 82.6 Å². The van der Waals surface area contributed by atoms with Gasteiger partial charge in [0.1, 0.15) is 5.75 Å². The number of aliphatic hydroxyl groups is 1. The number of phenols is 1. The number of benzene rings is 1. The Bertz CT molecular complexity index is 568. The van der Waals surface area contributed by atoms with Gasteiger partial charge < -0.3 is 15.5 Å². The Morgan fingerprint density at radius 1 is 0.867 bits per heavy atom. The third-order valence-electron chi connectivity index (χ3n) is 5.48. The number of aliphatic hydroxyl groups excluding tert-OH is 1. The molecule has 0 fully saturated rings. The number of unbranched alkanes of at least 4 members (excludes halogenated alkanes) is 11. The smallest absolute Gasteiger partial charge is 0.220 e. The Kier molecular flexibility index (Phi) is 15.7. The van der Waals surface area contributed by atoms with E-state index in [0.29, 0.717) is 6.42 Å². The summed E-state index contributed by atoms with van der Waals surface area (Å²) in [6.45, 7) is 2.11. The number of amides is 1. The molecule has 1 amide bonds. The van der Waals surface area contributed by atoms with Gasteiger partial charge in [-0.15, -0.1) is 0 Å². The first-order valence-corrected chi connectivity index (χ1v) is 12.0. The van der Waals surface area contributed by atoms with Crippen LogP contribution in [0.3, 0.4) is 0 Å². The van der Waals surface area contributed by atoms with E-state index in [0.717, 1.165) is 18.4 Å². The van der Waals surface area contributed by atoms with Crippen LogP contribution in [0.2, 0.25) is 0 Å². The Hall–Kier alpha value is -1.81. The van der Waals surface area contributed by atoms with E-state index >= 15 is 0 Å². The standard InChI is InChI=1S/C26H43NO3/c1-2-3-4-5-6-7-8-9-10-11-12-13-14-15-16-17-26(30)27-25(22-28)23-18-20-24(29)21-19-23/h9-10,18-21,25,28-29H,2-8,11-17,22H2,1H3,(H,27,30)/b10-9-/t25-/m1/s1. The SMILES string of the molecule is CCCCCCCC/C=C\CCCCCCCC(=O)N[C@H](CO)c1ccc(O)cc1. The number of carbonyl (C=O) groups excluding carboxylic acids is 1. The molecule has 0 spiro atoms. The van der Waals surface area contributed by atoms with Gasteiger partial charge in [0.15, 0.2) is 0 Å². The average molecular weight is 418 g/mol. The van der Waals surface area contributed by atoms with Crippen LogP contribution >= 0.6 is 0 Å². The lowest BCUT2D eigenvalue weighted by Gasteiger charge is -2.16. The number of rotatable bonds is 18. The van der Waals surface area contributed by atoms with Gasteiger partial charge in [-0.25, -0.2) is 0 Å². The minimum Gasteiger partial charge on any atom is -0.508 e. The van der Waals surface area contributed by atoms with E-state index in [1.54, 1.807) is 24.3 Å². The predicted octanol–water partition coefficient (Wildman–Crippen LogP) is 6.58. The molecule has 0 radical (unpaired) electrons. The second kappa shape index (κ2) is 18.0. The van der Waals surface area contributed by atoms with Crippen LogP contribution < -0.4 is 5.32 Å². The molecule has 170 valence electrons. The largest absolute Gasteiger partial charge is 0.508 e. The van der Waals surface area contributed by atoms with Crippen molar-refractivity contribution in [2.45, 2.75) is 103 Å². The summed E-state index contributed by atoms with van der Waals surface area (Å²) in [6.07, 6.45) is 21.3. The molecule has 0 unspecified atom stereocenters. The Morgan fingerprint density at radius 2 is 1.40 bits per heavy atom. The van der Waals surface area contributed by atoms with E-state index in [1.807, 2.05) is 0 Å². The highest BCUT2D eigenvalue weighted by molar-refractivity contribution is 5.76. The van der Waals surface area contributed by atoms with Crippen LogP contribution in [0.15, 0.2) is 36.4 Å². The van der Waals surface area contributed by atoms with Gasteiger partial charge in [-0.3, -0.25) is 4.79 Å². The topological polar surface area (TPSA) is 69.6 Å². The van der Waals surface area contributed by atoms with Gasteiger partial charge >= 0.3 is 0 Å². The van der Waals surface area contributed by atoms with Crippen LogP contribution in [0.25, 0.3) is 0 Å². The van der Waals surface area contributed by atoms with Crippen molar-refractivity contribution in [2.24, 2.45) is 0 Å². The molecule has 1 aromatic carbocycles. The van der Waals surface area contributed by atoms with Crippen molar-refractivity contribution >= 4 is 5.91 Å². The number of aromatic hydroxyl groups is 1. The number of nitrogens with one attached hydrogen (secondary N) is 1. The molecule has 4 nitrogen and oxygen atoms in total. The fourth-order valence-electron chi connectivity index (χ4n) is 3.56. The molecule has 1 atom stereocenters. The van der Waals surface area contributed by atoms with Crippen molar-refractivity contribution < 1.29 is 15.0 Å². The molecule has 3 N–H and O–H groups in total. The Balaban J connectivity index is 1.97. The third kappa shape index (κ3) is 13.4. The minimum absolute atomic E-state index is 0.0280. The van der Waals surface area contributed by atoms with Gasteiger partial charge in [0.2, 0.25) is 5.91 Å². The lowest BCUT2D eigenvalue weighted by Crippen LogP contribution is -2.30. The van der Waals surface area contributed by atoms with Crippen LogP contribution in [0.1, 0.15) is 108 Å². The van der Waals surface area contributed by atoms with Crippen LogP contribution in [0.5, 0.6) is 5.75 Å². The van der Waals surface area contributed by atoms with Crippen LogP contribution in [-0.2, 0) is 4.79 Å². The first-order valence-electron chi connectivity index (χ1n) is 12.0. The summed E-state index contributed by atoms with van der Waals surface area (Å²) in [5.74, 6) is 0.148. The molecule has 0 aromatic heterocycles. The van der Waals surface area contributed by atoms with E-state index in [1.165, 1.54) is 70.6 Å². The molecule has 0 aliphatic carbocycles.